The summed E-state index contributed by atoms with van der Waals surface area (Å²) in [6, 6.07) is 5.68. The van der Waals surface area contributed by atoms with Crippen LogP contribution in [0.5, 0.6) is 0 Å². The predicted octanol–water partition coefficient (Wildman–Crippen LogP) is 3.36. The molecule has 0 saturated heterocycles. The van der Waals surface area contributed by atoms with Crippen LogP contribution in [0.1, 0.15) is 26.5 Å². The molecule has 0 saturated carbocycles. The van der Waals surface area contributed by atoms with Crippen LogP contribution in [0, 0.1) is 6.92 Å². The van der Waals surface area contributed by atoms with E-state index >= 15 is 0 Å². The molecule has 0 aromatic carbocycles. The molecule has 0 bridgehead atoms. The lowest BCUT2D eigenvalue weighted by Crippen LogP contribution is -2.21. The van der Waals surface area contributed by atoms with Gasteiger partial charge in [0.1, 0.15) is 10.1 Å². The summed E-state index contributed by atoms with van der Waals surface area (Å²) in [5, 5.41) is 2.83. The highest BCUT2D eigenvalue weighted by Gasteiger charge is 1.93. The standard InChI is InChI=1S/C7H8N2S2.C6H15N/c1-5-3-2-4-6(8-5)9-7(10)11;1-4-7(5-2)6-3/h2-4H,1H3,(H2,8,9,10,11);4-6H2,1-3H3. The first-order valence-corrected chi connectivity index (χ1v) is 7.04. The van der Waals surface area contributed by atoms with Gasteiger partial charge in [0.15, 0.2) is 0 Å². The van der Waals surface area contributed by atoms with Crippen molar-refractivity contribution in [1.29, 1.82) is 0 Å². The largest absolute Gasteiger partial charge is 0.326 e. The summed E-state index contributed by atoms with van der Waals surface area (Å²) in [7, 11) is 0. The first-order valence-electron chi connectivity index (χ1n) is 6.19. The van der Waals surface area contributed by atoms with Gasteiger partial charge in [-0.1, -0.05) is 39.1 Å². The molecule has 102 valence electrons. The summed E-state index contributed by atoms with van der Waals surface area (Å²) < 4.78 is 0.433. The minimum atomic E-state index is 0.433. The highest BCUT2D eigenvalue weighted by Crippen LogP contribution is 2.04. The maximum Gasteiger partial charge on any atom is 0.136 e. The summed E-state index contributed by atoms with van der Waals surface area (Å²) in [6.45, 7) is 12.0. The van der Waals surface area contributed by atoms with E-state index < -0.39 is 0 Å². The van der Waals surface area contributed by atoms with Crippen molar-refractivity contribution in [3.8, 4) is 0 Å². The molecular formula is C13H23N3S2. The number of rotatable bonds is 4. The Hall–Kier alpha value is -0.650. The van der Waals surface area contributed by atoms with Crippen molar-refractivity contribution >= 4 is 35.0 Å². The Morgan fingerprint density at radius 2 is 1.83 bits per heavy atom. The quantitative estimate of drug-likeness (QED) is 0.655. The molecule has 1 rings (SSSR count). The number of hydrogen-bond donors (Lipinski definition) is 2. The maximum absolute atomic E-state index is 4.73. The van der Waals surface area contributed by atoms with Gasteiger partial charge in [-0.15, -0.1) is 12.6 Å². The van der Waals surface area contributed by atoms with E-state index in [1.165, 1.54) is 19.6 Å². The molecule has 0 aliphatic heterocycles. The topological polar surface area (TPSA) is 28.2 Å². The average molecular weight is 285 g/mol. The molecule has 1 N–H and O–H groups in total. The number of hydrogen-bond acceptors (Lipinski definition) is 3. The molecule has 0 unspecified atom stereocenters. The first kappa shape index (κ1) is 17.4. The number of anilines is 1. The Morgan fingerprint density at radius 1 is 1.28 bits per heavy atom. The van der Waals surface area contributed by atoms with E-state index in [2.05, 4.69) is 48.6 Å². The van der Waals surface area contributed by atoms with Crippen molar-refractivity contribution < 1.29 is 0 Å². The van der Waals surface area contributed by atoms with E-state index in [9.17, 15) is 0 Å². The molecule has 18 heavy (non-hydrogen) atoms. The van der Waals surface area contributed by atoms with Gasteiger partial charge in [-0.25, -0.2) is 4.98 Å². The van der Waals surface area contributed by atoms with Crippen molar-refractivity contribution in [2.24, 2.45) is 0 Å². The molecule has 1 aromatic heterocycles. The summed E-state index contributed by atoms with van der Waals surface area (Å²) in [6.07, 6.45) is 0. The summed E-state index contributed by atoms with van der Waals surface area (Å²) >= 11 is 8.66. The summed E-state index contributed by atoms with van der Waals surface area (Å²) in [4.78, 5) is 6.54. The third kappa shape index (κ3) is 8.44. The minimum absolute atomic E-state index is 0.433. The zero-order valence-corrected chi connectivity index (χ0v) is 13.3. The van der Waals surface area contributed by atoms with Crippen molar-refractivity contribution in [3.63, 3.8) is 0 Å². The van der Waals surface area contributed by atoms with Crippen LogP contribution in [-0.4, -0.2) is 33.8 Å². The second-order valence-corrected chi connectivity index (χ2v) is 4.87. The second kappa shape index (κ2) is 10.3. The van der Waals surface area contributed by atoms with E-state index in [0.29, 0.717) is 4.32 Å². The Bertz CT molecular complexity index is 346. The number of aromatic nitrogens is 1. The van der Waals surface area contributed by atoms with Gasteiger partial charge in [-0.05, 0) is 38.7 Å². The van der Waals surface area contributed by atoms with Crippen molar-refractivity contribution in [2.75, 3.05) is 25.0 Å². The SMILES string of the molecule is CCN(CC)CC.Cc1cccc(NC(=S)S)n1. The molecule has 0 atom stereocenters. The third-order valence-corrected chi connectivity index (χ3v) is 2.68. The average Bonchev–Trinajstić information content (AvgIpc) is 2.31. The number of thiol groups is 1. The Labute approximate surface area is 121 Å². The van der Waals surface area contributed by atoms with Crippen LogP contribution in [0.2, 0.25) is 0 Å². The highest BCUT2D eigenvalue weighted by molar-refractivity contribution is 8.11. The molecule has 0 aliphatic rings. The Kier molecular flexibility index (Phi) is 9.92. The van der Waals surface area contributed by atoms with Crippen LogP contribution in [-0.2, 0) is 0 Å². The van der Waals surface area contributed by atoms with Gasteiger partial charge in [0, 0.05) is 5.69 Å². The van der Waals surface area contributed by atoms with E-state index in [4.69, 9.17) is 12.2 Å². The van der Waals surface area contributed by atoms with Crippen LogP contribution in [0.3, 0.4) is 0 Å². The van der Waals surface area contributed by atoms with Gasteiger partial charge in [0.25, 0.3) is 0 Å². The molecule has 1 aromatic rings. The van der Waals surface area contributed by atoms with Gasteiger partial charge in [0.2, 0.25) is 0 Å². The number of aryl methyl sites for hydroxylation is 1. The molecule has 0 aliphatic carbocycles. The Balaban J connectivity index is 0.000000360. The number of nitrogens with zero attached hydrogens (tertiary/aromatic N) is 2. The fourth-order valence-electron chi connectivity index (χ4n) is 1.39. The molecule has 3 nitrogen and oxygen atoms in total. The zero-order valence-electron chi connectivity index (χ0n) is 11.6. The molecule has 0 spiro atoms. The van der Waals surface area contributed by atoms with Gasteiger partial charge < -0.3 is 10.2 Å². The van der Waals surface area contributed by atoms with Gasteiger partial charge in [-0.2, -0.15) is 0 Å². The zero-order chi connectivity index (χ0) is 14.0. The van der Waals surface area contributed by atoms with E-state index in [0.717, 1.165) is 11.5 Å². The lowest BCUT2D eigenvalue weighted by molar-refractivity contribution is 0.321. The number of pyridine rings is 1. The molecule has 0 amide bonds. The minimum Gasteiger partial charge on any atom is -0.326 e. The van der Waals surface area contributed by atoms with Crippen LogP contribution in [0.4, 0.5) is 5.82 Å². The van der Waals surface area contributed by atoms with Crippen LogP contribution in [0.25, 0.3) is 0 Å². The monoisotopic (exact) mass is 285 g/mol. The van der Waals surface area contributed by atoms with Crippen LogP contribution >= 0.6 is 24.8 Å². The molecule has 1 heterocycles. The van der Waals surface area contributed by atoms with Crippen LogP contribution < -0.4 is 5.32 Å². The molecule has 0 radical (unpaired) electrons. The van der Waals surface area contributed by atoms with Gasteiger partial charge in [-0.3, -0.25) is 0 Å². The van der Waals surface area contributed by atoms with E-state index in [1.54, 1.807) is 0 Å². The fraction of sp³-hybridized carbons (Fsp3) is 0.538. The Morgan fingerprint density at radius 3 is 2.17 bits per heavy atom. The van der Waals surface area contributed by atoms with E-state index in [1.807, 2.05) is 25.1 Å². The normalized spacial score (nSPS) is 9.67. The summed E-state index contributed by atoms with van der Waals surface area (Å²) in [5.74, 6) is 0.741. The smallest absolute Gasteiger partial charge is 0.136 e. The number of thiocarbonyl (C=S) groups is 1. The van der Waals surface area contributed by atoms with Crippen molar-refractivity contribution in [1.82, 2.24) is 9.88 Å². The lowest BCUT2D eigenvalue weighted by Gasteiger charge is -2.13. The third-order valence-electron chi connectivity index (χ3n) is 2.46. The highest BCUT2D eigenvalue weighted by atomic mass is 32.1. The summed E-state index contributed by atoms with van der Waals surface area (Å²) in [5.41, 5.74) is 0.958. The molecule has 0 fully saturated rings. The van der Waals surface area contributed by atoms with Crippen molar-refractivity contribution in [2.45, 2.75) is 27.7 Å². The molecular weight excluding hydrogens is 262 g/mol. The van der Waals surface area contributed by atoms with E-state index in [-0.39, 0.29) is 0 Å². The van der Waals surface area contributed by atoms with Crippen LogP contribution in [0.15, 0.2) is 18.2 Å². The van der Waals surface area contributed by atoms with Crippen molar-refractivity contribution in [3.05, 3.63) is 23.9 Å². The molecule has 5 heteroatoms. The first-order chi connectivity index (χ1) is 8.53. The predicted molar refractivity (Wildman–Crippen MR) is 87.6 cm³/mol. The fourth-order valence-corrected chi connectivity index (χ4v) is 1.61. The second-order valence-electron chi connectivity index (χ2n) is 3.71. The lowest BCUT2D eigenvalue weighted by atomic mass is 10.4. The number of nitrogens with one attached hydrogen (secondary N) is 1. The van der Waals surface area contributed by atoms with Gasteiger partial charge in [0.05, 0.1) is 0 Å². The van der Waals surface area contributed by atoms with Gasteiger partial charge >= 0.3 is 0 Å². The maximum atomic E-state index is 4.73.